The van der Waals surface area contributed by atoms with E-state index in [9.17, 15) is 13.6 Å². The number of benzene rings is 2. The van der Waals surface area contributed by atoms with Crippen LogP contribution in [0.3, 0.4) is 0 Å². The normalized spacial score (nSPS) is 18.2. The minimum atomic E-state index is -2.26. The van der Waals surface area contributed by atoms with Gasteiger partial charge >= 0.3 is 0 Å². The van der Waals surface area contributed by atoms with Gasteiger partial charge in [0.05, 0.1) is 0 Å². The van der Waals surface area contributed by atoms with Crippen molar-refractivity contribution >= 4 is 57.4 Å². The van der Waals surface area contributed by atoms with Gasteiger partial charge in [0.25, 0.3) is 0 Å². The molecule has 2 atom stereocenters. The Kier molecular flexibility index (Phi) is 7.67. The molecule has 0 radical (unpaired) electrons. The first kappa shape index (κ1) is 24.4. The van der Waals surface area contributed by atoms with Crippen LogP contribution >= 0.6 is 23.2 Å². The van der Waals surface area contributed by atoms with Gasteiger partial charge in [-0.05, 0) is 90.5 Å². The van der Waals surface area contributed by atoms with E-state index in [-0.39, 0.29) is 16.8 Å². The summed E-state index contributed by atoms with van der Waals surface area (Å²) in [6.45, 7) is 1.48. The van der Waals surface area contributed by atoms with E-state index >= 15 is 0 Å². The molecule has 1 saturated heterocycles. The number of nitrogen functional groups attached to an aromatic ring is 1. The fourth-order valence-electron chi connectivity index (χ4n) is 4.19. The van der Waals surface area contributed by atoms with Crippen LogP contribution in [0.1, 0.15) is 18.4 Å². The van der Waals surface area contributed by atoms with Crippen LogP contribution in [-0.2, 0) is 22.3 Å². The lowest BCUT2D eigenvalue weighted by Gasteiger charge is -2.35. The minimum absolute atomic E-state index is 0.0591. The summed E-state index contributed by atoms with van der Waals surface area (Å²) >= 11 is 9.24. The molecular weight excluding hydrogens is 497 g/mol. The van der Waals surface area contributed by atoms with Crippen LogP contribution in [0.5, 0.6) is 0 Å². The average molecular weight is 519 g/mol. The van der Waals surface area contributed by atoms with E-state index in [1.54, 1.807) is 29.2 Å². The van der Waals surface area contributed by atoms with Gasteiger partial charge in [-0.2, -0.15) is 0 Å². The largest absolute Gasteiger partial charge is 0.768 e. The summed E-state index contributed by atoms with van der Waals surface area (Å²) in [5.74, 6) is 0.443. The molecule has 5 rings (SSSR count). The van der Waals surface area contributed by atoms with Gasteiger partial charge in [0, 0.05) is 34.4 Å². The van der Waals surface area contributed by atoms with Gasteiger partial charge in [0.1, 0.15) is 11.9 Å². The Hall–Kier alpha value is -2.72. The van der Waals surface area contributed by atoms with Gasteiger partial charge in [-0.15, -0.1) is 10.2 Å². The number of aromatic nitrogens is 2. The van der Waals surface area contributed by atoms with Gasteiger partial charge in [-0.3, -0.25) is 9.00 Å². The standard InChI is InChI=1S/C19H19ClN2O3S.C4H4ClN3/c20-14-3-8-17-13(12-14)2-1-10-22(17)18-9-11-21(19(18)23)15-4-6-16(7-5-15)26(24)25;5-3-1-2-4(6)8-7-3/h3-8,12,18H,1-2,9-11H2,(H,24,25);1-2H,(H2,6,8)/p-1/t18-;/m0./s1. The molecule has 3 aromatic rings. The number of nitrogens with two attached hydrogens (primary N) is 1. The Balaban J connectivity index is 0.000000291. The number of halogens is 2. The molecule has 34 heavy (non-hydrogen) atoms. The molecule has 0 bridgehead atoms. The fourth-order valence-corrected chi connectivity index (χ4v) is 4.85. The number of nitrogens with zero attached hydrogens (tertiary/aromatic N) is 4. The van der Waals surface area contributed by atoms with Crippen molar-refractivity contribution in [1.29, 1.82) is 0 Å². The lowest BCUT2D eigenvalue weighted by molar-refractivity contribution is -0.118. The SMILES string of the molecule is Nc1ccc(Cl)nn1.O=C1[C@@H](N2CCCc3cc(Cl)ccc32)CCN1c1ccc(S(=O)[O-])cc1. The molecule has 1 unspecified atom stereocenters. The topological polar surface area (TPSA) is 115 Å². The number of fused-ring (bicyclic) bond motifs is 1. The first-order chi connectivity index (χ1) is 16.3. The smallest absolute Gasteiger partial charge is 0.249 e. The van der Waals surface area contributed by atoms with Crippen LogP contribution in [0, 0.1) is 0 Å². The van der Waals surface area contributed by atoms with Crippen molar-refractivity contribution in [2.24, 2.45) is 0 Å². The van der Waals surface area contributed by atoms with E-state index in [4.69, 9.17) is 28.9 Å². The number of carbonyl (C=O) groups excluding carboxylic acids is 1. The van der Waals surface area contributed by atoms with Gasteiger partial charge in [-0.1, -0.05) is 23.2 Å². The highest BCUT2D eigenvalue weighted by Gasteiger charge is 2.38. The first-order valence-corrected chi connectivity index (χ1v) is 12.5. The summed E-state index contributed by atoms with van der Waals surface area (Å²) in [6, 6.07) is 15.3. The molecule has 2 aliphatic heterocycles. The first-order valence-electron chi connectivity index (χ1n) is 10.6. The molecule has 0 aliphatic carbocycles. The maximum atomic E-state index is 13.0. The van der Waals surface area contributed by atoms with Crippen LogP contribution in [0.15, 0.2) is 59.5 Å². The second-order valence-corrected chi connectivity index (χ2v) is 9.64. The fraction of sp³-hybridized carbons (Fsp3) is 0.261. The summed E-state index contributed by atoms with van der Waals surface area (Å²) < 4.78 is 22.0. The second-order valence-electron chi connectivity index (χ2n) is 7.87. The summed E-state index contributed by atoms with van der Waals surface area (Å²) in [7, 11) is 0. The number of rotatable bonds is 3. The van der Waals surface area contributed by atoms with Crippen molar-refractivity contribution in [3.63, 3.8) is 0 Å². The number of hydrogen-bond donors (Lipinski definition) is 1. The molecule has 1 amide bonds. The zero-order valence-corrected chi connectivity index (χ0v) is 20.4. The minimum Gasteiger partial charge on any atom is -0.768 e. The number of aryl methyl sites for hydroxylation is 1. The second kappa shape index (κ2) is 10.7. The van der Waals surface area contributed by atoms with E-state index in [2.05, 4.69) is 15.1 Å². The van der Waals surface area contributed by atoms with E-state index in [1.165, 1.54) is 17.7 Å². The molecule has 178 valence electrons. The third kappa shape index (κ3) is 5.50. The van der Waals surface area contributed by atoms with Crippen molar-refractivity contribution in [3.05, 3.63) is 70.3 Å². The van der Waals surface area contributed by atoms with Crippen LogP contribution < -0.4 is 15.5 Å². The monoisotopic (exact) mass is 518 g/mol. The van der Waals surface area contributed by atoms with Crippen molar-refractivity contribution in [2.45, 2.75) is 30.2 Å². The van der Waals surface area contributed by atoms with Gasteiger partial charge in [0.2, 0.25) is 5.91 Å². The molecule has 11 heteroatoms. The van der Waals surface area contributed by atoms with E-state index < -0.39 is 11.1 Å². The Bertz CT molecular complexity index is 1170. The number of anilines is 3. The molecule has 2 N–H and O–H groups in total. The molecule has 8 nitrogen and oxygen atoms in total. The summed E-state index contributed by atoms with van der Waals surface area (Å²) in [5, 5.41) is 8.03. The Morgan fingerprint density at radius 2 is 1.79 bits per heavy atom. The maximum absolute atomic E-state index is 13.0. The lowest BCUT2D eigenvalue weighted by Crippen LogP contribution is -2.44. The lowest BCUT2D eigenvalue weighted by atomic mass is 9.99. The molecule has 1 fully saturated rings. The zero-order valence-electron chi connectivity index (χ0n) is 18.1. The summed E-state index contributed by atoms with van der Waals surface area (Å²) in [5.41, 5.74) is 8.22. The highest BCUT2D eigenvalue weighted by Crippen LogP contribution is 2.34. The summed E-state index contributed by atoms with van der Waals surface area (Å²) in [4.78, 5) is 17.2. The molecule has 0 spiro atoms. The zero-order chi connectivity index (χ0) is 24.2. The Morgan fingerprint density at radius 3 is 2.44 bits per heavy atom. The highest BCUT2D eigenvalue weighted by atomic mass is 35.5. The third-order valence-electron chi connectivity index (χ3n) is 5.74. The van der Waals surface area contributed by atoms with Crippen LogP contribution in [0.25, 0.3) is 0 Å². The van der Waals surface area contributed by atoms with Gasteiger partial charge < -0.3 is 20.1 Å². The van der Waals surface area contributed by atoms with Crippen molar-refractivity contribution < 1.29 is 13.6 Å². The molecule has 3 heterocycles. The predicted octanol–water partition coefficient (Wildman–Crippen LogP) is 3.85. The molecule has 0 saturated carbocycles. The van der Waals surface area contributed by atoms with E-state index in [0.29, 0.717) is 17.5 Å². The van der Waals surface area contributed by atoms with Gasteiger partial charge in [0.15, 0.2) is 5.15 Å². The molecule has 2 aromatic carbocycles. The summed E-state index contributed by atoms with van der Waals surface area (Å²) in [6.07, 6.45) is 2.72. The Labute approximate surface area is 210 Å². The molecule has 2 aliphatic rings. The number of hydrogen-bond acceptors (Lipinski definition) is 7. The van der Waals surface area contributed by atoms with Crippen LogP contribution in [0.4, 0.5) is 17.2 Å². The van der Waals surface area contributed by atoms with Crippen LogP contribution in [-0.4, -0.2) is 44.0 Å². The average Bonchev–Trinajstić information content (AvgIpc) is 3.22. The maximum Gasteiger partial charge on any atom is 0.249 e. The number of carbonyl (C=O) groups is 1. The van der Waals surface area contributed by atoms with Crippen molar-refractivity contribution in [2.75, 3.05) is 28.6 Å². The van der Waals surface area contributed by atoms with Gasteiger partial charge in [-0.25, -0.2) is 0 Å². The van der Waals surface area contributed by atoms with Crippen LogP contribution in [0.2, 0.25) is 10.2 Å². The van der Waals surface area contributed by atoms with Crippen molar-refractivity contribution in [3.8, 4) is 0 Å². The quantitative estimate of drug-likeness (QED) is 0.523. The van der Waals surface area contributed by atoms with E-state index in [1.807, 2.05) is 18.2 Å². The third-order valence-corrected chi connectivity index (χ3v) is 6.84. The molecular formula is C23H22Cl2N5O3S-. The molecule has 1 aromatic heterocycles. The number of amides is 1. The van der Waals surface area contributed by atoms with E-state index in [0.717, 1.165) is 42.2 Å². The predicted molar refractivity (Wildman–Crippen MR) is 133 cm³/mol. The van der Waals surface area contributed by atoms with Crippen molar-refractivity contribution in [1.82, 2.24) is 10.2 Å². The highest BCUT2D eigenvalue weighted by molar-refractivity contribution is 7.79. The Morgan fingerprint density at radius 1 is 1.03 bits per heavy atom.